The average Bonchev–Trinajstić information content (AvgIpc) is 1.99. The summed E-state index contributed by atoms with van der Waals surface area (Å²) in [6.07, 6.45) is 0. The monoisotopic (exact) mass is 147 g/mol. The molecule has 60 valence electrons. The number of aliphatic hydroxyl groups excluding tert-OH is 1. The molecule has 0 aliphatic carbocycles. The molecule has 5 heteroatoms. The van der Waals surface area contributed by atoms with Crippen molar-refractivity contribution >= 4 is 6.03 Å². The predicted molar refractivity (Wildman–Crippen MR) is 37.1 cm³/mol. The summed E-state index contributed by atoms with van der Waals surface area (Å²) >= 11 is 0. The van der Waals surface area contributed by atoms with Crippen LogP contribution < -0.4 is 11.3 Å². The van der Waals surface area contributed by atoms with Gasteiger partial charge in [0.1, 0.15) is 0 Å². The molecule has 0 aliphatic rings. The fourth-order valence-electron chi connectivity index (χ4n) is 0.615. The lowest BCUT2D eigenvalue weighted by Crippen LogP contribution is -2.44. The van der Waals surface area contributed by atoms with Crippen LogP contribution in [0.25, 0.3) is 0 Å². The molecule has 0 aromatic rings. The van der Waals surface area contributed by atoms with Gasteiger partial charge in [0.05, 0.1) is 6.61 Å². The molecule has 0 saturated heterocycles. The maximum absolute atomic E-state index is 10.7. The molecule has 0 radical (unpaired) electrons. The van der Waals surface area contributed by atoms with Crippen LogP contribution in [0.5, 0.6) is 0 Å². The first kappa shape index (κ1) is 9.19. The van der Waals surface area contributed by atoms with Crippen LogP contribution in [0.2, 0.25) is 0 Å². The maximum Gasteiger partial charge on any atom is 0.331 e. The standard InChI is InChI=1S/C5H13N3O2/c1-2-8(3-4-9)5(10)7-6/h9H,2-4,6H2,1H3,(H,7,10). The van der Waals surface area contributed by atoms with Crippen molar-refractivity contribution < 1.29 is 9.90 Å². The lowest BCUT2D eigenvalue weighted by Gasteiger charge is -2.17. The van der Waals surface area contributed by atoms with E-state index in [1.165, 1.54) is 4.90 Å². The fraction of sp³-hybridized carbons (Fsp3) is 0.800. The quantitative estimate of drug-likeness (QED) is 0.269. The zero-order chi connectivity index (χ0) is 7.98. The highest BCUT2D eigenvalue weighted by Gasteiger charge is 2.06. The summed E-state index contributed by atoms with van der Waals surface area (Å²) in [5.74, 6) is 4.86. The van der Waals surface area contributed by atoms with Crippen molar-refractivity contribution in [3.05, 3.63) is 0 Å². The zero-order valence-corrected chi connectivity index (χ0v) is 6.00. The van der Waals surface area contributed by atoms with Crippen LogP contribution in [0, 0.1) is 0 Å². The fourth-order valence-corrected chi connectivity index (χ4v) is 0.615. The molecular weight excluding hydrogens is 134 g/mol. The third-order valence-corrected chi connectivity index (χ3v) is 1.16. The van der Waals surface area contributed by atoms with Crippen LogP contribution in [-0.2, 0) is 0 Å². The number of hydrazine groups is 1. The summed E-state index contributed by atoms with van der Waals surface area (Å²) in [5.41, 5.74) is 1.98. The van der Waals surface area contributed by atoms with Crippen LogP contribution in [-0.4, -0.2) is 35.7 Å². The molecule has 0 heterocycles. The lowest BCUT2D eigenvalue weighted by molar-refractivity contribution is 0.180. The molecule has 0 saturated carbocycles. The summed E-state index contributed by atoms with van der Waals surface area (Å²) in [6.45, 7) is 2.63. The third-order valence-electron chi connectivity index (χ3n) is 1.16. The first-order chi connectivity index (χ1) is 4.76. The average molecular weight is 147 g/mol. The number of nitrogens with one attached hydrogen (secondary N) is 1. The van der Waals surface area contributed by atoms with Crippen molar-refractivity contribution in [1.29, 1.82) is 0 Å². The van der Waals surface area contributed by atoms with Gasteiger partial charge in [-0.1, -0.05) is 0 Å². The molecule has 4 N–H and O–H groups in total. The van der Waals surface area contributed by atoms with Gasteiger partial charge in [-0.05, 0) is 6.92 Å². The number of hydrogen-bond donors (Lipinski definition) is 3. The topological polar surface area (TPSA) is 78.6 Å². The molecule has 5 nitrogen and oxygen atoms in total. The number of nitrogens with two attached hydrogens (primary N) is 1. The maximum atomic E-state index is 10.7. The summed E-state index contributed by atoms with van der Waals surface area (Å²) < 4.78 is 0. The SMILES string of the molecule is CCN(CCO)C(=O)NN. The molecule has 0 unspecified atom stereocenters. The van der Waals surface area contributed by atoms with E-state index in [4.69, 9.17) is 10.9 Å². The van der Waals surface area contributed by atoms with E-state index in [9.17, 15) is 4.79 Å². The van der Waals surface area contributed by atoms with Crippen molar-refractivity contribution in [2.75, 3.05) is 19.7 Å². The van der Waals surface area contributed by atoms with Gasteiger partial charge in [0.2, 0.25) is 0 Å². The van der Waals surface area contributed by atoms with Crippen LogP contribution in [0.15, 0.2) is 0 Å². The number of amides is 2. The molecule has 0 rings (SSSR count). The van der Waals surface area contributed by atoms with E-state index < -0.39 is 0 Å². The first-order valence-electron chi connectivity index (χ1n) is 3.12. The Morgan fingerprint density at radius 3 is 2.70 bits per heavy atom. The van der Waals surface area contributed by atoms with E-state index in [1.807, 2.05) is 12.3 Å². The Morgan fingerprint density at radius 1 is 1.80 bits per heavy atom. The number of aliphatic hydroxyl groups is 1. The second-order valence-electron chi connectivity index (χ2n) is 1.75. The van der Waals surface area contributed by atoms with Crippen molar-refractivity contribution in [3.8, 4) is 0 Å². The minimum Gasteiger partial charge on any atom is -0.395 e. The number of hydrogen-bond acceptors (Lipinski definition) is 3. The van der Waals surface area contributed by atoms with Crippen LogP contribution in [0.3, 0.4) is 0 Å². The van der Waals surface area contributed by atoms with Gasteiger partial charge in [0.15, 0.2) is 0 Å². The van der Waals surface area contributed by atoms with E-state index in [-0.39, 0.29) is 12.6 Å². The molecule has 0 spiro atoms. The number of carbonyl (C=O) groups is 1. The van der Waals surface area contributed by atoms with Gasteiger partial charge in [0.25, 0.3) is 0 Å². The van der Waals surface area contributed by atoms with Crippen LogP contribution in [0.4, 0.5) is 4.79 Å². The number of carbonyl (C=O) groups excluding carboxylic acids is 1. The number of urea groups is 1. The highest BCUT2D eigenvalue weighted by atomic mass is 16.3. The Kier molecular flexibility index (Phi) is 4.61. The van der Waals surface area contributed by atoms with Gasteiger partial charge in [-0.25, -0.2) is 10.6 Å². The number of likely N-dealkylation sites (N-methyl/N-ethyl adjacent to an activating group) is 1. The van der Waals surface area contributed by atoms with E-state index in [0.717, 1.165) is 0 Å². The second-order valence-corrected chi connectivity index (χ2v) is 1.75. The highest BCUT2D eigenvalue weighted by Crippen LogP contribution is 1.85. The van der Waals surface area contributed by atoms with Crippen molar-refractivity contribution in [2.24, 2.45) is 5.84 Å². The van der Waals surface area contributed by atoms with Gasteiger partial charge in [-0.15, -0.1) is 0 Å². The Hall–Kier alpha value is -0.810. The van der Waals surface area contributed by atoms with Crippen molar-refractivity contribution in [3.63, 3.8) is 0 Å². The Bertz CT molecular complexity index is 107. The predicted octanol–water partition coefficient (Wildman–Crippen LogP) is -1.12. The number of rotatable bonds is 3. The Balaban J connectivity index is 3.68. The van der Waals surface area contributed by atoms with Gasteiger partial charge >= 0.3 is 6.03 Å². The summed E-state index contributed by atoms with van der Waals surface area (Å²) in [7, 11) is 0. The lowest BCUT2D eigenvalue weighted by atomic mass is 10.5. The van der Waals surface area contributed by atoms with E-state index >= 15 is 0 Å². The van der Waals surface area contributed by atoms with Crippen molar-refractivity contribution in [2.45, 2.75) is 6.92 Å². The molecule has 0 aromatic carbocycles. The van der Waals surface area contributed by atoms with Gasteiger partial charge in [-0.3, -0.25) is 5.43 Å². The third kappa shape index (κ3) is 2.65. The normalized spacial score (nSPS) is 9.10. The van der Waals surface area contributed by atoms with E-state index in [0.29, 0.717) is 13.1 Å². The summed E-state index contributed by atoms with van der Waals surface area (Å²) in [4.78, 5) is 12.1. The Morgan fingerprint density at radius 2 is 2.40 bits per heavy atom. The zero-order valence-electron chi connectivity index (χ0n) is 6.00. The second kappa shape index (κ2) is 5.01. The first-order valence-corrected chi connectivity index (χ1v) is 3.12. The highest BCUT2D eigenvalue weighted by molar-refractivity contribution is 5.73. The van der Waals surface area contributed by atoms with Gasteiger partial charge in [0, 0.05) is 13.1 Å². The smallest absolute Gasteiger partial charge is 0.331 e. The molecule has 0 fully saturated rings. The number of nitrogens with zero attached hydrogens (tertiary/aromatic N) is 1. The molecule has 2 amide bonds. The van der Waals surface area contributed by atoms with Crippen LogP contribution >= 0.6 is 0 Å². The molecule has 10 heavy (non-hydrogen) atoms. The van der Waals surface area contributed by atoms with Crippen LogP contribution in [0.1, 0.15) is 6.92 Å². The summed E-state index contributed by atoms with van der Waals surface area (Å²) in [5, 5.41) is 8.45. The summed E-state index contributed by atoms with van der Waals surface area (Å²) in [6, 6.07) is -0.364. The molecular formula is C5H13N3O2. The molecule has 0 aliphatic heterocycles. The minimum absolute atomic E-state index is 0.0404. The van der Waals surface area contributed by atoms with Gasteiger partial charge in [-0.2, -0.15) is 0 Å². The largest absolute Gasteiger partial charge is 0.395 e. The van der Waals surface area contributed by atoms with Gasteiger partial charge < -0.3 is 10.0 Å². The Labute approximate surface area is 59.8 Å². The molecule has 0 aromatic heterocycles. The van der Waals surface area contributed by atoms with Crippen molar-refractivity contribution in [1.82, 2.24) is 10.3 Å². The molecule has 0 atom stereocenters. The van der Waals surface area contributed by atoms with E-state index in [1.54, 1.807) is 0 Å². The molecule has 0 bridgehead atoms. The minimum atomic E-state index is -0.364. The van der Waals surface area contributed by atoms with E-state index in [2.05, 4.69) is 0 Å².